The molecule has 0 aliphatic heterocycles. The van der Waals surface area contributed by atoms with Crippen LogP contribution in [-0.4, -0.2) is 41.9 Å². The summed E-state index contributed by atoms with van der Waals surface area (Å²) in [7, 11) is 0. The highest BCUT2D eigenvalue weighted by atomic mass is 19.4. The molecule has 3 aromatic heterocycles. The van der Waals surface area contributed by atoms with Gasteiger partial charge in [-0.1, -0.05) is 64.9 Å². The standard InChI is InChI=1S/C29H24F3N5O5/c30-29(31,32)23-24(17-5-2-1-3-6-17)36-41-26(23)28-35-27(37-42-28)19-11-9-18(10-12-19)25(40)21(39)8-4-7-20(38)13-14-22-33-15-16-34-22/h1-3,5-6,9-12,15-16,25,40H,4,7-8,13-14H2,(H,33,34). The van der Waals surface area contributed by atoms with Gasteiger partial charge in [0.1, 0.15) is 29.0 Å². The number of nitrogens with one attached hydrogen (secondary N) is 1. The molecule has 0 radical (unpaired) electrons. The highest BCUT2D eigenvalue weighted by Crippen LogP contribution is 2.43. The Balaban J connectivity index is 1.22. The Morgan fingerprint density at radius 3 is 2.38 bits per heavy atom. The van der Waals surface area contributed by atoms with Gasteiger partial charge in [0.15, 0.2) is 5.78 Å². The predicted octanol–water partition coefficient (Wildman–Crippen LogP) is 5.78. The minimum absolute atomic E-state index is 0.00139. The first-order valence-corrected chi connectivity index (χ1v) is 13.0. The van der Waals surface area contributed by atoms with Gasteiger partial charge >= 0.3 is 6.18 Å². The number of aromatic nitrogens is 5. The third-order valence-corrected chi connectivity index (χ3v) is 6.51. The third-order valence-electron chi connectivity index (χ3n) is 6.51. The topological polar surface area (TPSA) is 148 Å². The molecular formula is C29H24F3N5O5. The lowest BCUT2D eigenvalue weighted by atomic mass is 9.99. The molecule has 1 unspecified atom stereocenters. The molecule has 3 heterocycles. The number of Topliss-reactive ketones (excluding diaryl/α,β-unsaturated/α-hetero) is 2. The number of alkyl halides is 3. The van der Waals surface area contributed by atoms with Crippen LogP contribution >= 0.6 is 0 Å². The van der Waals surface area contributed by atoms with Crippen LogP contribution in [0.5, 0.6) is 0 Å². The van der Waals surface area contributed by atoms with Crippen LogP contribution in [0.2, 0.25) is 0 Å². The second kappa shape index (κ2) is 12.3. The van der Waals surface area contributed by atoms with Crippen molar-refractivity contribution >= 4 is 11.6 Å². The number of aliphatic hydroxyl groups is 1. The molecule has 42 heavy (non-hydrogen) atoms. The minimum Gasteiger partial charge on any atom is -0.381 e. The number of carbonyl (C=O) groups excluding carboxylic acids is 2. The molecule has 0 aliphatic rings. The van der Waals surface area contributed by atoms with Crippen molar-refractivity contribution in [2.45, 2.75) is 44.4 Å². The number of hydrogen-bond acceptors (Lipinski definition) is 9. The zero-order chi connectivity index (χ0) is 29.7. The van der Waals surface area contributed by atoms with Gasteiger partial charge in [-0.2, -0.15) is 18.2 Å². The molecule has 0 saturated carbocycles. The zero-order valence-electron chi connectivity index (χ0n) is 22.0. The number of nitrogens with zero attached hydrogens (tertiary/aromatic N) is 4. The lowest BCUT2D eigenvalue weighted by Crippen LogP contribution is -2.12. The number of aliphatic hydroxyl groups excluding tert-OH is 1. The Morgan fingerprint density at radius 1 is 0.929 bits per heavy atom. The smallest absolute Gasteiger partial charge is 0.381 e. The first-order valence-electron chi connectivity index (χ1n) is 13.0. The molecule has 13 heteroatoms. The van der Waals surface area contributed by atoms with E-state index >= 15 is 0 Å². The monoisotopic (exact) mass is 579 g/mol. The lowest BCUT2D eigenvalue weighted by molar-refractivity contribution is -0.137. The van der Waals surface area contributed by atoms with Crippen molar-refractivity contribution in [2.75, 3.05) is 0 Å². The summed E-state index contributed by atoms with van der Waals surface area (Å²) in [6.07, 6.45) is -1.58. The number of rotatable bonds is 12. The Labute approximate surface area is 236 Å². The summed E-state index contributed by atoms with van der Waals surface area (Å²) in [5.74, 6) is -0.973. The number of aryl methyl sites for hydroxylation is 1. The van der Waals surface area contributed by atoms with Crippen molar-refractivity contribution in [1.82, 2.24) is 25.3 Å². The molecule has 1 atom stereocenters. The van der Waals surface area contributed by atoms with Gasteiger partial charge in [-0.15, -0.1) is 0 Å². The molecule has 216 valence electrons. The van der Waals surface area contributed by atoms with Crippen molar-refractivity contribution in [1.29, 1.82) is 0 Å². The molecular weight excluding hydrogens is 555 g/mol. The fourth-order valence-electron chi connectivity index (χ4n) is 4.34. The van der Waals surface area contributed by atoms with Crippen molar-refractivity contribution in [3.8, 4) is 34.3 Å². The second-order valence-corrected chi connectivity index (χ2v) is 9.44. The van der Waals surface area contributed by atoms with Gasteiger partial charge in [0.25, 0.3) is 5.89 Å². The maximum absolute atomic E-state index is 14.0. The fraction of sp³-hybridized carbons (Fsp3) is 0.241. The Kier molecular flexibility index (Phi) is 8.38. The van der Waals surface area contributed by atoms with E-state index in [0.717, 1.165) is 5.82 Å². The molecule has 2 N–H and O–H groups in total. The summed E-state index contributed by atoms with van der Waals surface area (Å²) in [5.41, 5.74) is -0.662. The second-order valence-electron chi connectivity index (χ2n) is 9.44. The molecule has 5 aromatic rings. The van der Waals surface area contributed by atoms with E-state index in [1.54, 1.807) is 30.6 Å². The first kappa shape index (κ1) is 28.6. The van der Waals surface area contributed by atoms with Crippen LogP contribution in [0.1, 0.15) is 48.7 Å². The van der Waals surface area contributed by atoms with Crippen LogP contribution in [0.25, 0.3) is 34.3 Å². The van der Waals surface area contributed by atoms with E-state index in [1.165, 1.54) is 36.4 Å². The normalized spacial score (nSPS) is 12.4. The average Bonchev–Trinajstić information content (AvgIpc) is 3.77. The van der Waals surface area contributed by atoms with Gasteiger partial charge in [-0.05, 0) is 12.0 Å². The highest BCUT2D eigenvalue weighted by molar-refractivity contribution is 5.85. The van der Waals surface area contributed by atoms with E-state index in [4.69, 9.17) is 9.05 Å². The van der Waals surface area contributed by atoms with Crippen LogP contribution in [-0.2, 0) is 22.2 Å². The summed E-state index contributed by atoms with van der Waals surface area (Å²) >= 11 is 0. The molecule has 0 saturated heterocycles. The molecule has 0 bridgehead atoms. The van der Waals surface area contributed by atoms with Crippen molar-refractivity contribution in [3.63, 3.8) is 0 Å². The Bertz CT molecular complexity index is 1650. The zero-order valence-corrected chi connectivity index (χ0v) is 22.0. The van der Waals surface area contributed by atoms with Gasteiger partial charge < -0.3 is 19.1 Å². The number of halogens is 3. The summed E-state index contributed by atoms with van der Waals surface area (Å²) in [6.45, 7) is 0. The predicted molar refractivity (Wildman–Crippen MR) is 141 cm³/mol. The number of imidazole rings is 1. The highest BCUT2D eigenvalue weighted by Gasteiger charge is 2.43. The van der Waals surface area contributed by atoms with Gasteiger partial charge in [-0.3, -0.25) is 9.59 Å². The largest absolute Gasteiger partial charge is 0.422 e. The number of benzene rings is 2. The number of ketones is 2. The number of H-pyrrole nitrogens is 1. The van der Waals surface area contributed by atoms with Crippen molar-refractivity contribution < 1.29 is 36.9 Å². The third kappa shape index (κ3) is 6.52. The van der Waals surface area contributed by atoms with Gasteiger partial charge in [0, 0.05) is 49.2 Å². The Hall–Kier alpha value is -4.91. The fourth-order valence-corrected chi connectivity index (χ4v) is 4.34. The SMILES string of the molecule is O=C(CCCC(=O)C(O)c1ccc(-c2noc(-c3onc(-c4ccccc4)c3C(F)(F)F)n2)cc1)CCc1ncc[nH]1. The summed E-state index contributed by atoms with van der Waals surface area (Å²) in [4.78, 5) is 35.6. The quantitative estimate of drug-likeness (QED) is 0.188. The molecule has 0 amide bonds. The van der Waals surface area contributed by atoms with Gasteiger partial charge in [-0.25, -0.2) is 4.98 Å². The van der Waals surface area contributed by atoms with Crippen LogP contribution in [0.3, 0.4) is 0 Å². The Morgan fingerprint density at radius 2 is 1.69 bits per heavy atom. The maximum atomic E-state index is 14.0. The van der Waals surface area contributed by atoms with E-state index < -0.39 is 41.0 Å². The first-order chi connectivity index (χ1) is 20.2. The molecule has 0 fully saturated rings. The van der Waals surface area contributed by atoms with E-state index in [2.05, 4.69) is 25.3 Å². The molecule has 10 nitrogen and oxygen atoms in total. The molecule has 0 aliphatic carbocycles. The lowest BCUT2D eigenvalue weighted by Gasteiger charge is -2.10. The average molecular weight is 580 g/mol. The molecule has 0 spiro atoms. The van der Waals surface area contributed by atoms with Crippen LogP contribution in [0.4, 0.5) is 13.2 Å². The van der Waals surface area contributed by atoms with Crippen molar-refractivity contribution in [2.24, 2.45) is 0 Å². The number of aromatic amines is 1. The van der Waals surface area contributed by atoms with Crippen LogP contribution in [0, 0.1) is 0 Å². The van der Waals surface area contributed by atoms with Crippen molar-refractivity contribution in [3.05, 3.63) is 83.9 Å². The van der Waals surface area contributed by atoms with E-state index in [0.29, 0.717) is 30.4 Å². The molecule has 2 aromatic carbocycles. The maximum Gasteiger partial charge on any atom is 0.422 e. The van der Waals surface area contributed by atoms with E-state index in [-0.39, 0.29) is 30.0 Å². The summed E-state index contributed by atoms with van der Waals surface area (Å²) in [6, 6.07) is 13.7. The van der Waals surface area contributed by atoms with E-state index in [1.807, 2.05) is 0 Å². The van der Waals surface area contributed by atoms with Crippen LogP contribution < -0.4 is 0 Å². The van der Waals surface area contributed by atoms with Gasteiger partial charge in [0.2, 0.25) is 11.6 Å². The van der Waals surface area contributed by atoms with E-state index in [9.17, 15) is 27.9 Å². The molecule has 5 rings (SSSR count). The number of carbonyl (C=O) groups is 2. The van der Waals surface area contributed by atoms with Gasteiger partial charge in [0.05, 0.1) is 0 Å². The van der Waals surface area contributed by atoms with Crippen LogP contribution in [0.15, 0.2) is 76.0 Å². The summed E-state index contributed by atoms with van der Waals surface area (Å²) < 4.78 is 52.0. The summed E-state index contributed by atoms with van der Waals surface area (Å²) in [5, 5.41) is 17.8. The minimum atomic E-state index is -4.81. The number of hydrogen-bond donors (Lipinski definition) is 2.